The van der Waals surface area contributed by atoms with Crippen molar-refractivity contribution < 1.29 is 4.74 Å². The number of hydrogen-bond acceptors (Lipinski definition) is 3. The lowest BCUT2D eigenvalue weighted by atomic mass is 10.1. The van der Waals surface area contributed by atoms with Crippen molar-refractivity contribution in [2.45, 2.75) is 65.0 Å². The van der Waals surface area contributed by atoms with Gasteiger partial charge in [0, 0.05) is 32.3 Å². The van der Waals surface area contributed by atoms with E-state index >= 15 is 0 Å². The third kappa shape index (κ3) is 6.17. The van der Waals surface area contributed by atoms with Gasteiger partial charge in [-0.1, -0.05) is 19.8 Å². The molecule has 1 N–H and O–H groups in total. The van der Waals surface area contributed by atoms with Crippen LogP contribution < -0.4 is 5.32 Å². The Hall–Kier alpha value is -0.120. The van der Waals surface area contributed by atoms with E-state index in [-0.39, 0.29) is 0 Å². The van der Waals surface area contributed by atoms with E-state index in [1.54, 1.807) is 0 Å². The van der Waals surface area contributed by atoms with Crippen LogP contribution in [0.15, 0.2) is 0 Å². The fourth-order valence-corrected chi connectivity index (χ4v) is 2.66. The van der Waals surface area contributed by atoms with Gasteiger partial charge in [-0.15, -0.1) is 0 Å². The van der Waals surface area contributed by atoms with E-state index in [0.717, 1.165) is 13.2 Å². The minimum Gasteiger partial charge on any atom is -0.378 e. The van der Waals surface area contributed by atoms with Gasteiger partial charge in [0.25, 0.3) is 0 Å². The van der Waals surface area contributed by atoms with Gasteiger partial charge >= 0.3 is 0 Å². The summed E-state index contributed by atoms with van der Waals surface area (Å²) in [5.41, 5.74) is 0. The van der Waals surface area contributed by atoms with Crippen molar-refractivity contribution >= 4 is 0 Å². The van der Waals surface area contributed by atoms with Crippen molar-refractivity contribution in [2.24, 2.45) is 0 Å². The Balaban J connectivity index is 2.06. The Kier molecular flexibility index (Phi) is 8.64. The molecule has 0 aromatic rings. The maximum Gasteiger partial charge on any atom is 0.0599 e. The minimum absolute atomic E-state index is 0.510. The summed E-state index contributed by atoms with van der Waals surface area (Å²) in [6.07, 6.45) is 6.89. The molecule has 1 unspecified atom stereocenters. The first-order chi connectivity index (χ1) is 8.77. The Morgan fingerprint density at radius 2 is 1.94 bits per heavy atom. The minimum atomic E-state index is 0.510. The van der Waals surface area contributed by atoms with Crippen LogP contribution in [0, 0.1) is 0 Å². The number of ether oxygens (including phenoxy) is 1. The van der Waals surface area contributed by atoms with E-state index < -0.39 is 0 Å². The zero-order chi connectivity index (χ0) is 13.2. The molecule has 1 fully saturated rings. The monoisotopic (exact) mass is 256 g/mol. The molecule has 0 saturated carbocycles. The second kappa shape index (κ2) is 9.76. The number of unbranched alkanes of at least 4 members (excludes halogenated alkanes) is 2. The van der Waals surface area contributed by atoms with Gasteiger partial charge in [0.1, 0.15) is 0 Å². The topological polar surface area (TPSA) is 24.5 Å². The summed E-state index contributed by atoms with van der Waals surface area (Å²) in [7, 11) is 0. The molecule has 18 heavy (non-hydrogen) atoms. The zero-order valence-corrected chi connectivity index (χ0v) is 12.6. The van der Waals surface area contributed by atoms with E-state index in [2.05, 4.69) is 31.0 Å². The Morgan fingerprint density at radius 1 is 1.22 bits per heavy atom. The molecule has 0 bridgehead atoms. The molecule has 0 aromatic heterocycles. The maximum absolute atomic E-state index is 5.69. The van der Waals surface area contributed by atoms with Crippen LogP contribution in [0.2, 0.25) is 0 Å². The molecule has 1 aliphatic heterocycles. The second-order valence-electron chi connectivity index (χ2n) is 5.45. The molecule has 1 heterocycles. The summed E-state index contributed by atoms with van der Waals surface area (Å²) < 4.78 is 5.69. The highest BCUT2D eigenvalue weighted by atomic mass is 16.5. The number of likely N-dealkylation sites (tertiary alicyclic amines) is 1. The maximum atomic E-state index is 5.69. The third-order valence-corrected chi connectivity index (χ3v) is 3.90. The highest BCUT2D eigenvalue weighted by Gasteiger charge is 2.22. The zero-order valence-electron chi connectivity index (χ0n) is 12.6. The molecule has 3 heteroatoms. The summed E-state index contributed by atoms with van der Waals surface area (Å²) in [6.45, 7) is 12.2. The highest BCUT2D eigenvalue weighted by molar-refractivity contribution is 4.77. The van der Waals surface area contributed by atoms with Gasteiger partial charge in [-0.2, -0.15) is 0 Å². The lowest BCUT2D eigenvalue weighted by Crippen LogP contribution is -2.46. The van der Waals surface area contributed by atoms with Gasteiger partial charge < -0.3 is 10.1 Å². The molecule has 0 aromatic carbocycles. The number of nitrogens with zero attached hydrogens (tertiary/aromatic N) is 1. The van der Waals surface area contributed by atoms with Gasteiger partial charge in [-0.25, -0.2) is 0 Å². The molecule has 0 amide bonds. The third-order valence-electron chi connectivity index (χ3n) is 3.90. The summed E-state index contributed by atoms with van der Waals surface area (Å²) >= 11 is 0. The van der Waals surface area contributed by atoms with Crippen molar-refractivity contribution in [3.63, 3.8) is 0 Å². The van der Waals surface area contributed by atoms with Crippen LogP contribution in [0.3, 0.4) is 0 Å². The van der Waals surface area contributed by atoms with Gasteiger partial charge in [0.15, 0.2) is 0 Å². The van der Waals surface area contributed by atoms with Gasteiger partial charge in [0.2, 0.25) is 0 Å². The standard InChI is InChI=1S/C15H32N2O/c1-4-6-7-10-16-13-14(3)17-11-8-15(9-12-17)18-5-2/h14-16H,4-13H2,1-3H3. The molecule has 1 rings (SSSR count). The van der Waals surface area contributed by atoms with Gasteiger partial charge in [0.05, 0.1) is 6.10 Å². The molecule has 108 valence electrons. The SMILES string of the molecule is CCCCCNCC(C)N1CCC(OCC)CC1. The quantitative estimate of drug-likeness (QED) is 0.642. The molecule has 0 radical (unpaired) electrons. The van der Waals surface area contributed by atoms with Crippen molar-refractivity contribution in [1.82, 2.24) is 10.2 Å². The van der Waals surface area contributed by atoms with Crippen molar-refractivity contribution in [3.8, 4) is 0 Å². The number of nitrogens with one attached hydrogen (secondary N) is 1. The summed E-state index contributed by atoms with van der Waals surface area (Å²) in [6, 6.07) is 0.661. The summed E-state index contributed by atoms with van der Waals surface area (Å²) in [5.74, 6) is 0. The van der Waals surface area contributed by atoms with Crippen molar-refractivity contribution in [3.05, 3.63) is 0 Å². The van der Waals surface area contributed by atoms with Crippen LogP contribution in [0.25, 0.3) is 0 Å². The average Bonchev–Trinajstić information content (AvgIpc) is 2.39. The normalized spacial score (nSPS) is 20.2. The summed E-state index contributed by atoms with van der Waals surface area (Å²) in [5, 5.41) is 3.58. The number of rotatable bonds is 9. The fraction of sp³-hybridized carbons (Fsp3) is 1.00. The molecular weight excluding hydrogens is 224 g/mol. The molecule has 0 aliphatic carbocycles. The smallest absolute Gasteiger partial charge is 0.0599 e. The Bertz CT molecular complexity index is 191. The van der Waals surface area contributed by atoms with E-state index in [0.29, 0.717) is 12.1 Å². The predicted octanol–water partition coefficient (Wildman–Crippen LogP) is 2.66. The van der Waals surface area contributed by atoms with Crippen LogP contribution in [0.4, 0.5) is 0 Å². The Labute approximate surface area is 113 Å². The number of hydrogen-bond donors (Lipinski definition) is 1. The van der Waals surface area contributed by atoms with Crippen molar-refractivity contribution in [2.75, 3.05) is 32.8 Å². The van der Waals surface area contributed by atoms with Crippen molar-refractivity contribution in [1.29, 1.82) is 0 Å². The second-order valence-corrected chi connectivity index (χ2v) is 5.45. The average molecular weight is 256 g/mol. The first-order valence-electron chi connectivity index (χ1n) is 7.84. The van der Waals surface area contributed by atoms with Crippen LogP contribution in [-0.4, -0.2) is 49.8 Å². The lowest BCUT2D eigenvalue weighted by Gasteiger charge is -2.36. The predicted molar refractivity (Wildman–Crippen MR) is 78.1 cm³/mol. The number of piperidine rings is 1. The van der Waals surface area contributed by atoms with E-state index in [9.17, 15) is 0 Å². The van der Waals surface area contributed by atoms with E-state index in [4.69, 9.17) is 4.74 Å². The van der Waals surface area contributed by atoms with E-state index in [1.807, 2.05) is 0 Å². The highest BCUT2D eigenvalue weighted by Crippen LogP contribution is 2.15. The van der Waals surface area contributed by atoms with Crippen LogP contribution >= 0.6 is 0 Å². The van der Waals surface area contributed by atoms with Crippen LogP contribution in [0.1, 0.15) is 52.9 Å². The molecule has 1 atom stereocenters. The molecule has 0 spiro atoms. The molecule has 1 saturated heterocycles. The van der Waals surface area contributed by atoms with Gasteiger partial charge in [-0.3, -0.25) is 4.90 Å². The fourth-order valence-electron chi connectivity index (χ4n) is 2.66. The largest absolute Gasteiger partial charge is 0.378 e. The molecule has 1 aliphatic rings. The first kappa shape index (κ1) is 15.9. The lowest BCUT2D eigenvalue weighted by molar-refractivity contribution is 0.00594. The van der Waals surface area contributed by atoms with Crippen LogP contribution in [-0.2, 0) is 4.74 Å². The summed E-state index contributed by atoms with van der Waals surface area (Å²) in [4.78, 5) is 2.60. The van der Waals surface area contributed by atoms with Gasteiger partial charge in [-0.05, 0) is 39.7 Å². The van der Waals surface area contributed by atoms with Crippen LogP contribution in [0.5, 0.6) is 0 Å². The first-order valence-corrected chi connectivity index (χ1v) is 7.84. The molecular formula is C15H32N2O. The Morgan fingerprint density at radius 3 is 2.56 bits per heavy atom. The van der Waals surface area contributed by atoms with E-state index in [1.165, 1.54) is 51.7 Å². The molecule has 3 nitrogen and oxygen atoms in total.